The molecule has 0 saturated heterocycles. The van der Waals surface area contributed by atoms with Gasteiger partial charge in [0.15, 0.2) is 0 Å². The minimum atomic E-state index is -0.311. The predicted octanol–water partition coefficient (Wildman–Crippen LogP) is 8.13. The van der Waals surface area contributed by atoms with Crippen molar-refractivity contribution in [2.24, 2.45) is 5.10 Å². The number of fused-ring (bicyclic) bond motifs is 1. The summed E-state index contributed by atoms with van der Waals surface area (Å²) in [5, 5.41) is 4.98. The van der Waals surface area contributed by atoms with Crippen LogP contribution in [-0.4, -0.2) is 17.1 Å². The molecule has 6 rings (SSSR count). The monoisotopic (exact) mass is 519 g/mol. The van der Waals surface area contributed by atoms with Crippen LogP contribution in [0.1, 0.15) is 15.9 Å². The number of carbonyl (C=O) groups excluding carboxylic acids is 1. The Balaban J connectivity index is 1.23. The lowest BCUT2D eigenvalue weighted by Gasteiger charge is -2.10. The molecule has 0 bridgehead atoms. The molecule has 0 aliphatic heterocycles. The first-order chi connectivity index (χ1) is 19.7. The summed E-state index contributed by atoms with van der Waals surface area (Å²) in [6.07, 6.45) is 1.60. The Bertz CT molecular complexity index is 1800. The van der Waals surface area contributed by atoms with Gasteiger partial charge < -0.3 is 4.74 Å². The molecule has 5 nitrogen and oxygen atoms in total. The molecule has 0 atom stereocenters. The van der Waals surface area contributed by atoms with Crippen LogP contribution in [0.15, 0.2) is 145 Å². The zero-order chi connectivity index (χ0) is 27.1. The standard InChI is InChI=1S/C35H25N3O2/c39-35(38-36-24-25-10-9-15-30(22-25)40-29-13-5-2-6-14-29)32-23-34(37-33-17-8-7-16-31(32)33)28-20-18-27(19-21-28)26-11-3-1-4-12-26/h1-24H,(H,38,39)/b36-24-. The van der Waals surface area contributed by atoms with Gasteiger partial charge >= 0.3 is 0 Å². The number of para-hydroxylation sites is 2. The van der Waals surface area contributed by atoms with E-state index >= 15 is 0 Å². The van der Waals surface area contributed by atoms with Gasteiger partial charge in [-0.15, -0.1) is 0 Å². The first-order valence-electron chi connectivity index (χ1n) is 12.9. The molecule has 0 radical (unpaired) electrons. The number of carbonyl (C=O) groups is 1. The molecule has 40 heavy (non-hydrogen) atoms. The fraction of sp³-hybridized carbons (Fsp3) is 0. The molecule has 0 unspecified atom stereocenters. The van der Waals surface area contributed by atoms with Crippen molar-refractivity contribution in [1.82, 2.24) is 10.4 Å². The van der Waals surface area contributed by atoms with Crippen molar-refractivity contribution in [3.8, 4) is 33.9 Å². The van der Waals surface area contributed by atoms with Gasteiger partial charge in [-0.05, 0) is 53.1 Å². The van der Waals surface area contributed by atoms with Crippen molar-refractivity contribution in [1.29, 1.82) is 0 Å². The molecule has 5 heteroatoms. The average molecular weight is 520 g/mol. The van der Waals surface area contributed by atoms with Crippen LogP contribution in [0.3, 0.4) is 0 Å². The third kappa shape index (κ3) is 5.64. The van der Waals surface area contributed by atoms with E-state index < -0.39 is 0 Å². The van der Waals surface area contributed by atoms with Gasteiger partial charge in [0, 0.05) is 10.9 Å². The summed E-state index contributed by atoms with van der Waals surface area (Å²) >= 11 is 0. The summed E-state index contributed by atoms with van der Waals surface area (Å²) in [4.78, 5) is 18.1. The number of pyridine rings is 1. The van der Waals surface area contributed by atoms with Gasteiger partial charge in [0.1, 0.15) is 11.5 Å². The number of nitrogens with zero attached hydrogens (tertiary/aromatic N) is 2. The molecule has 1 aromatic heterocycles. The van der Waals surface area contributed by atoms with Crippen molar-refractivity contribution in [2.45, 2.75) is 0 Å². The number of amides is 1. The predicted molar refractivity (Wildman–Crippen MR) is 161 cm³/mol. The van der Waals surface area contributed by atoms with Crippen molar-refractivity contribution in [3.05, 3.63) is 151 Å². The highest BCUT2D eigenvalue weighted by atomic mass is 16.5. The Hall–Kier alpha value is -5.55. The lowest BCUT2D eigenvalue weighted by Crippen LogP contribution is -2.18. The maximum Gasteiger partial charge on any atom is 0.272 e. The third-order valence-corrected chi connectivity index (χ3v) is 6.47. The van der Waals surface area contributed by atoms with Crippen LogP contribution < -0.4 is 10.2 Å². The topological polar surface area (TPSA) is 63.6 Å². The highest BCUT2D eigenvalue weighted by Crippen LogP contribution is 2.28. The summed E-state index contributed by atoms with van der Waals surface area (Å²) in [6, 6.07) is 45.0. The number of hydrazone groups is 1. The fourth-order valence-electron chi connectivity index (χ4n) is 4.48. The molecule has 6 aromatic rings. The molecule has 1 heterocycles. The zero-order valence-electron chi connectivity index (χ0n) is 21.6. The van der Waals surface area contributed by atoms with Crippen molar-refractivity contribution < 1.29 is 9.53 Å². The molecular formula is C35H25N3O2. The minimum absolute atomic E-state index is 0.311. The Labute approximate surface area is 232 Å². The van der Waals surface area contributed by atoms with Crippen molar-refractivity contribution >= 4 is 23.0 Å². The van der Waals surface area contributed by atoms with E-state index in [-0.39, 0.29) is 5.91 Å². The molecule has 0 aliphatic rings. The second-order valence-corrected chi connectivity index (χ2v) is 9.20. The smallest absolute Gasteiger partial charge is 0.272 e. The molecule has 0 saturated carbocycles. The van der Waals surface area contributed by atoms with Crippen LogP contribution in [0.4, 0.5) is 0 Å². The molecular weight excluding hydrogens is 494 g/mol. The van der Waals surface area contributed by atoms with E-state index in [2.05, 4.69) is 34.8 Å². The number of ether oxygens (including phenoxy) is 1. The van der Waals surface area contributed by atoms with Crippen LogP contribution in [0, 0.1) is 0 Å². The Morgan fingerprint density at radius 1 is 0.650 bits per heavy atom. The first kappa shape index (κ1) is 24.8. The largest absolute Gasteiger partial charge is 0.457 e. The number of benzene rings is 5. The van der Waals surface area contributed by atoms with Crippen LogP contribution in [0.5, 0.6) is 11.5 Å². The van der Waals surface area contributed by atoms with E-state index in [4.69, 9.17) is 9.72 Å². The van der Waals surface area contributed by atoms with E-state index in [1.54, 1.807) is 6.21 Å². The van der Waals surface area contributed by atoms with Crippen LogP contribution in [0.25, 0.3) is 33.3 Å². The number of hydrogen-bond donors (Lipinski definition) is 1. The average Bonchev–Trinajstić information content (AvgIpc) is 3.02. The van der Waals surface area contributed by atoms with E-state index in [9.17, 15) is 4.79 Å². The van der Waals surface area contributed by atoms with Gasteiger partial charge in [-0.1, -0.05) is 103 Å². The van der Waals surface area contributed by atoms with E-state index in [0.717, 1.165) is 44.6 Å². The van der Waals surface area contributed by atoms with Crippen LogP contribution in [0.2, 0.25) is 0 Å². The van der Waals surface area contributed by atoms with Crippen LogP contribution in [-0.2, 0) is 0 Å². The molecule has 1 amide bonds. The van der Waals surface area contributed by atoms with E-state index in [1.165, 1.54) is 0 Å². The number of rotatable bonds is 7. The molecule has 0 aliphatic carbocycles. The normalized spacial score (nSPS) is 11.0. The maximum atomic E-state index is 13.3. The second-order valence-electron chi connectivity index (χ2n) is 9.20. The molecule has 0 spiro atoms. The molecule has 5 aromatic carbocycles. The van der Waals surface area contributed by atoms with Gasteiger partial charge in [-0.2, -0.15) is 5.10 Å². The number of hydrogen-bond acceptors (Lipinski definition) is 4. The number of nitrogens with one attached hydrogen (secondary N) is 1. The lowest BCUT2D eigenvalue weighted by molar-refractivity contribution is 0.0956. The Morgan fingerprint density at radius 3 is 2.10 bits per heavy atom. The summed E-state index contributed by atoms with van der Waals surface area (Å²) in [5.41, 5.74) is 8.65. The highest BCUT2D eigenvalue weighted by Gasteiger charge is 2.14. The first-order valence-corrected chi connectivity index (χ1v) is 12.9. The van der Waals surface area contributed by atoms with E-state index in [0.29, 0.717) is 11.3 Å². The molecule has 0 fully saturated rings. The SMILES string of the molecule is O=C(N/N=C\c1cccc(Oc2ccccc2)c1)c1cc(-c2ccc(-c3ccccc3)cc2)nc2ccccc12. The van der Waals surface area contributed by atoms with Gasteiger partial charge in [0.2, 0.25) is 0 Å². The van der Waals surface area contributed by atoms with Crippen molar-refractivity contribution in [2.75, 3.05) is 0 Å². The van der Waals surface area contributed by atoms with Crippen molar-refractivity contribution in [3.63, 3.8) is 0 Å². The summed E-state index contributed by atoms with van der Waals surface area (Å²) in [6.45, 7) is 0. The summed E-state index contributed by atoms with van der Waals surface area (Å²) in [7, 11) is 0. The Kier molecular flexibility index (Phi) is 7.09. The molecule has 192 valence electrons. The van der Waals surface area contributed by atoms with Crippen LogP contribution >= 0.6 is 0 Å². The number of aromatic nitrogens is 1. The van der Waals surface area contributed by atoms with Gasteiger partial charge in [-0.25, -0.2) is 10.4 Å². The molecule has 1 N–H and O–H groups in total. The van der Waals surface area contributed by atoms with Gasteiger partial charge in [0.25, 0.3) is 5.91 Å². The van der Waals surface area contributed by atoms with Gasteiger partial charge in [-0.3, -0.25) is 4.79 Å². The minimum Gasteiger partial charge on any atom is -0.457 e. The maximum absolute atomic E-state index is 13.3. The zero-order valence-corrected chi connectivity index (χ0v) is 21.6. The fourth-order valence-corrected chi connectivity index (χ4v) is 4.48. The third-order valence-electron chi connectivity index (χ3n) is 6.47. The second kappa shape index (κ2) is 11.5. The summed E-state index contributed by atoms with van der Waals surface area (Å²) < 4.78 is 5.90. The van der Waals surface area contributed by atoms with Gasteiger partial charge in [0.05, 0.1) is 23.0 Å². The van der Waals surface area contributed by atoms with E-state index in [1.807, 2.05) is 115 Å². The summed E-state index contributed by atoms with van der Waals surface area (Å²) in [5.74, 6) is 1.12. The highest BCUT2D eigenvalue weighted by molar-refractivity contribution is 6.07. The Morgan fingerprint density at radius 2 is 1.30 bits per heavy atom. The quantitative estimate of drug-likeness (QED) is 0.171. The lowest BCUT2D eigenvalue weighted by atomic mass is 10.0.